The number of anilines is 1. The van der Waals surface area contributed by atoms with Crippen LogP contribution in [0.15, 0.2) is 44.9 Å². The molecular weight excluding hydrogens is 314 g/mol. The highest BCUT2D eigenvalue weighted by molar-refractivity contribution is 9.10. The first-order valence-corrected chi connectivity index (χ1v) is 6.73. The number of nitrogen functional groups attached to an aromatic ring is 1. The second kappa shape index (κ2) is 4.58. The molecule has 0 atom stereocenters. The fourth-order valence-corrected chi connectivity index (χ4v) is 2.68. The normalized spacial score (nSPS) is 10.9. The van der Waals surface area contributed by atoms with Crippen LogP contribution in [0.2, 0.25) is 0 Å². The van der Waals surface area contributed by atoms with E-state index < -0.39 is 0 Å². The highest BCUT2D eigenvalue weighted by Gasteiger charge is 2.09. The molecule has 1 aromatic carbocycles. The van der Waals surface area contributed by atoms with Gasteiger partial charge in [-0.2, -0.15) is 10.1 Å². The molecule has 18 heavy (non-hydrogen) atoms. The van der Waals surface area contributed by atoms with Crippen molar-refractivity contribution in [2.24, 2.45) is 0 Å². The molecule has 0 bridgehead atoms. The Labute approximate surface area is 115 Å². The zero-order valence-corrected chi connectivity index (χ0v) is 11.5. The van der Waals surface area contributed by atoms with Crippen LogP contribution < -0.4 is 5.73 Å². The SMILES string of the molecule is Nc1nc(Sc2ccc(Br)cc2)c2cn[nH]c2n1. The van der Waals surface area contributed by atoms with E-state index in [1.165, 1.54) is 11.8 Å². The van der Waals surface area contributed by atoms with Gasteiger partial charge in [0.2, 0.25) is 5.95 Å². The van der Waals surface area contributed by atoms with Crippen molar-refractivity contribution in [1.82, 2.24) is 20.2 Å². The second-order valence-corrected chi connectivity index (χ2v) is 5.55. The fourth-order valence-electron chi connectivity index (χ4n) is 1.52. The molecular formula is C11H8BrN5S. The van der Waals surface area contributed by atoms with Crippen molar-refractivity contribution >= 4 is 44.7 Å². The number of nitrogens with one attached hydrogen (secondary N) is 1. The molecule has 90 valence electrons. The average molecular weight is 322 g/mol. The summed E-state index contributed by atoms with van der Waals surface area (Å²) < 4.78 is 1.04. The van der Waals surface area contributed by atoms with Crippen molar-refractivity contribution in [3.8, 4) is 0 Å². The maximum atomic E-state index is 5.67. The molecule has 3 N–H and O–H groups in total. The largest absolute Gasteiger partial charge is 0.368 e. The zero-order valence-electron chi connectivity index (χ0n) is 9.09. The summed E-state index contributed by atoms with van der Waals surface area (Å²) in [6.45, 7) is 0. The molecule has 2 aromatic heterocycles. The van der Waals surface area contributed by atoms with Crippen LogP contribution in [0.25, 0.3) is 11.0 Å². The first-order valence-electron chi connectivity index (χ1n) is 5.12. The number of nitrogens with zero attached hydrogens (tertiary/aromatic N) is 3. The summed E-state index contributed by atoms with van der Waals surface area (Å²) in [5.41, 5.74) is 6.33. The lowest BCUT2D eigenvalue weighted by molar-refractivity contribution is 1.08. The number of hydrogen-bond acceptors (Lipinski definition) is 5. The van der Waals surface area contributed by atoms with Gasteiger partial charge in [-0.3, -0.25) is 5.10 Å². The lowest BCUT2D eigenvalue weighted by Crippen LogP contribution is -1.96. The first kappa shape index (κ1) is 11.5. The Morgan fingerprint density at radius 2 is 1.94 bits per heavy atom. The van der Waals surface area contributed by atoms with Crippen molar-refractivity contribution in [1.29, 1.82) is 0 Å². The molecule has 2 heterocycles. The highest BCUT2D eigenvalue weighted by atomic mass is 79.9. The molecule has 0 radical (unpaired) electrons. The van der Waals surface area contributed by atoms with Gasteiger partial charge in [-0.05, 0) is 24.3 Å². The predicted octanol–water partition coefficient (Wildman–Crippen LogP) is 2.85. The third-order valence-corrected chi connectivity index (χ3v) is 3.86. The van der Waals surface area contributed by atoms with E-state index in [1.807, 2.05) is 24.3 Å². The standard InChI is InChI=1S/C11H8BrN5S/c12-6-1-3-7(4-2-6)18-10-8-5-14-17-9(8)15-11(13)16-10/h1-5H,(H3,13,14,15,16,17). The number of rotatable bonds is 2. The van der Waals surface area contributed by atoms with Gasteiger partial charge in [-0.25, -0.2) is 4.98 Å². The highest BCUT2D eigenvalue weighted by Crippen LogP contribution is 2.31. The Morgan fingerprint density at radius 3 is 2.72 bits per heavy atom. The van der Waals surface area contributed by atoms with Gasteiger partial charge >= 0.3 is 0 Å². The topological polar surface area (TPSA) is 80.5 Å². The third kappa shape index (κ3) is 2.19. The number of nitrogens with two attached hydrogens (primary N) is 1. The number of benzene rings is 1. The lowest BCUT2D eigenvalue weighted by atomic mass is 10.4. The van der Waals surface area contributed by atoms with Gasteiger partial charge in [0, 0.05) is 9.37 Å². The van der Waals surface area contributed by atoms with Gasteiger partial charge in [-0.1, -0.05) is 27.7 Å². The molecule has 0 saturated heterocycles. The Hall–Kier alpha value is -1.60. The lowest BCUT2D eigenvalue weighted by Gasteiger charge is -2.03. The van der Waals surface area contributed by atoms with E-state index in [0.717, 1.165) is 19.8 Å². The van der Waals surface area contributed by atoms with Crippen LogP contribution in [-0.2, 0) is 0 Å². The second-order valence-electron chi connectivity index (χ2n) is 3.58. The van der Waals surface area contributed by atoms with Crippen LogP contribution >= 0.6 is 27.7 Å². The van der Waals surface area contributed by atoms with Gasteiger partial charge in [-0.15, -0.1) is 0 Å². The van der Waals surface area contributed by atoms with Gasteiger partial charge in [0.25, 0.3) is 0 Å². The number of fused-ring (bicyclic) bond motifs is 1. The molecule has 3 rings (SSSR count). The maximum Gasteiger partial charge on any atom is 0.223 e. The molecule has 7 heteroatoms. The quantitative estimate of drug-likeness (QED) is 0.709. The van der Waals surface area contributed by atoms with E-state index in [1.54, 1.807) is 6.20 Å². The molecule has 0 fully saturated rings. The molecule has 0 aliphatic carbocycles. The van der Waals surface area contributed by atoms with E-state index in [0.29, 0.717) is 5.65 Å². The number of aromatic nitrogens is 4. The molecule has 0 aliphatic heterocycles. The van der Waals surface area contributed by atoms with E-state index in [2.05, 4.69) is 36.1 Å². The van der Waals surface area contributed by atoms with Crippen molar-refractivity contribution in [2.75, 3.05) is 5.73 Å². The van der Waals surface area contributed by atoms with E-state index in [9.17, 15) is 0 Å². The van der Waals surface area contributed by atoms with Crippen LogP contribution in [0.1, 0.15) is 0 Å². The minimum absolute atomic E-state index is 0.242. The van der Waals surface area contributed by atoms with Crippen LogP contribution in [0.4, 0.5) is 5.95 Å². The zero-order chi connectivity index (χ0) is 12.5. The fraction of sp³-hybridized carbons (Fsp3) is 0. The van der Waals surface area contributed by atoms with Gasteiger partial charge < -0.3 is 5.73 Å². The van der Waals surface area contributed by atoms with Crippen molar-refractivity contribution in [3.05, 3.63) is 34.9 Å². The Morgan fingerprint density at radius 1 is 1.17 bits per heavy atom. The van der Waals surface area contributed by atoms with Crippen LogP contribution in [0.3, 0.4) is 0 Å². The molecule has 5 nitrogen and oxygen atoms in total. The van der Waals surface area contributed by atoms with Crippen LogP contribution in [-0.4, -0.2) is 20.2 Å². The molecule has 0 unspecified atom stereocenters. The predicted molar refractivity (Wildman–Crippen MR) is 74.4 cm³/mol. The summed E-state index contributed by atoms with van der Waals surface area (Å²) in [6, 6.07) is 8.00. The number of hydrogen-bond donors (Lipinski definition) is 2. The third-order valence-electron chi connectivity index (χ3n) is 2.32. The van der Waals surface area contributed by atoms with Gasteiger partial charge in [0.15, 0.2) is 5.65 Å². The van der Waals surface area contributed by atoms with Gasteiger partial charge in [0.1, 0.15) is 5.03 Å². The maximum absolute atomic E-state index is 5.67. The van der Waals surface area contributed by atoms with E-state index in [-0.39, 0.29) is 5.95 Å². The Kier molecular flexibility index (Phi) is 2.92. The molecule has 0 spiro atoms. The minimum atomic E-state index is 0.242. The Balaban J connectivity index is 2.03. The van der Waals surface area contributed by atoms with Crippen LogP contribution in [0, 0.1) is 0 Å². The molecule has 0 aliphatic rings. The van der Waals surface area contributed by atoms with E-state index in [4.69, 9.17) is 5.73 Å². The summed E-state index contributed by atoms with van der Waals surface area (Å²) in [4.78, 5) is 9.41. The minimum Gasteiger partial charge on any atom is -0.368 e. The smallest absolute Gasteiger partial charge is 0.223 e. The molecule has 3 aromatic rings. The van der Waals surface area contributed by atoms with Crippen molar-refractivity contribution < 1.29 is 0 Å². The number of aromatic amines is 1. The van der Waals surface area contributed by atoms with Gasteiger partial charge in [0.05, 0.1) is 11.6 Å². The first-order chi connectivity index (χ1) is 8.72. The van der Waals surface area contributed by atoms with E-state index >= 15 is 0 Å². The Bertz CT molecular complexity index is 694. The summed E-state index contributed by atoms with van der Waals surface area (Å²) in [7, 11) is 0. The number of halogens is 1. The summed E-state index contributed by atoms with van der Waals surface area (Å²) in [5.74, 6) is 0.242. The molecule has 0 amide bonds. The monoisotopic (exact) mass is 321 g/mol. The van der Waals surface area contributed by atoms with Crippen molar-refractivity contribution in [2.45, 2.75) is 9.92 Å². The average Bonchev–Trinajstić information content (AvgIpc) is 2.80. The molecule has 0 saturated carbocycles. The van der Waals surface area contributed by atoms with Crippen molar-refractivity contribution in [3.63, 3.8) is 0 Å². The van der Waals surface area contributed by atoms with Crippen LogP contribution in [0.5, 0.6) is 0 Å². The summed E-state index contributed by atoms with van der Waals surface area (Å²) in [5, 5.41) is 8.42. The number of H-pyrrole nitrogens is 1. The summed E-state index contributed by atoms with van der Waals surface area (Å²) >= 11 is 4.94. The summed E-state index contributed by atoms with van der Waals surface area (Å²) in [6.07, 6.45) is 1.70.